The van der Waals surface area contributed by atoms with Gasteiger partial charge in [-0.15, -0.1) is 0 Å². The zero-order valence-electron chi connectivity index (χ0n) is 9.57. The largest absolute Gasteiger partial charge is 0.462 e. The summed E-state index contributed by atoms with van der Waals surface area (Å²) < 4.78 is 10.1. The second kappa shape index (κ2) is 2.63. The summed E-state index contributed by atoms with van der Waals surface area (Å²) in [6.45, 7) is 0. The van der Waals surface area contributed by atoms with Crippen LogP contribution in [0.5, 0.6) is 0 Å². The number of hydrogen-bond acceptors (Lipinski definition) is 5. The summed E-state index contributed by atoms with van der Waals surface area (Å²) in [5, 5.41) is 0. The predicted molar refractivity (Wildman–Crippen MR) is 54.6 cm³/mol. The van der Waals surface area contributed by atoms with Crippen molar-refractivity contribution >= 4 is 17.9 Å². The SMILES string of the molecule is O=C1OC(=O)C2C3CC(C12)C1C(=O)OC2CC2C31. The van der Waals surface area contributed by atoms with Crippen molar-refractivity contribution < 1.29 is 23.9 Å². The second-order valence-corrected chi connectivity index (χ2v) is 6.33. The molecule has 94 valence electrons. The lowest BCUT2D eigenvalue weighted by Gasteiger charge is -2.36. The number of fused-ring (bicyclic) bond motifs is 10. The number of rotatable bonds is 0. The van der Waals surface area contributed by atoms with Crippen molar-refractivity contribution in [3.63, 3.8) is 0 Å². The van der Waals surface area contributed by atoms with Gasteiger partial charge in [-0.1, -0.05) is 0 Å². The molecule has 5 aliphatic rings. The Hall–Kier alpha value is -1.39. The van der Waals surface area contributed by atoms with Gasteiger partial charge in [0.2, 0.25) is 0 Å². The van der Waals surface area contributed by atoms with Gasteiger partial charge >= 0.3 is 17.9 Å². The van der Waals surface area contributed by atoms with E-state index in [0.29, 0.717) is 5.92 Å². The minimum atomic E-state index is -0.415. The van der Waals surface area contributed by atoms with Gasteiger partial charge in [0.1, 0.15) is 6.10 Å². The number of carbonyl (C=O) groups is 3. The highest BCUT2D eigenvalue weighted by Gasteiger charge is 2.73. The van der Waals surface area contributed by atoms with Crippen molar-refractivity contribution in [2.24, 2.45) is 41.4 Å². The first-order chi connectivity index (χ1) is 8.66. The Kier molecular flexibility index (Phi) is 1.39. The van der Waals surface area contributed by atoms with Crippen LogP contribution in [0, 0.1) is 41.4 Å². The standard InChI is InChI=1S/C13H12O5/c14-11-8-5-1-4(7(8)3-2-6(3)17-11)9-10(5)13(16)18-12(9)15/h3-10H,1-2H2. The smallest absolute Gasteiger partial charge is 0.317 e. The van der Waals surface area contributed by atoms with E-state index in [9.17, 15) is 14.4 Å². The summed E-state index contributed by atoms with van der Waals surface area (Å²) in [5.74, 6) is -0.843. The first-order valence-electron chi connectivity index (χ1n) is 6.63. The van der Waals surface area contributed by atoms with Crippen LogP contribution < -0.4 is 0 Å². The topological polar surface area (TPSA) is 69.7 Å². The van der Waals surface area contributed by atoms with E-state index in [2.05, 4.69) is 0 Å². The van der Waals surface area contributed by atoms with Gasteiger partial charge in [0.25, 0.3) is 0 Å². The molecule has 0 spiro atoms. The number of esters is 3. The zero-order valence-corrected chi connectivity index (χ0v) is 9.57. The summed E-state index contributed by atoms with van der Waals surface area (Å²) in [7, 11) is 0. The van der Waals surface area contributed by atoms with Crippen LogP contribution in [-0.2, 0) is 23.9 Å². The van der Waals surface area contributed by atoms with E-state index in [0.717, 1.165) is 12.8 Å². The summed E-state index contributed by atoms with van der Waals surface area (Å²) >= 11 is 0. The molecule has 3 aliphatic carbocycles. The molecule has 2 aliphatic heterocycles. The molecule has 0 amide bonds. The highest BCUT2D eigenvalue weighted by molar-refractivity contribution is 5.98. The van der Waals surface area contributed by atoms with E-state index in [-0.39, 0.29) is 53.6 Å². The van der Waals surface area contributed by atoms with Crippen LogP contribution >= 0.6 is 0 Å². The lowest BCUT2D eigenvalue weighted by molar-refractivity contribution is -0.163. The summed E-state index contributed by atoms with van der Waals surface area (Å²) in [4.78, 5) is 35.5. The average Bonchev–Trinajstić information content (AvgIpc) is 2.73. The second-order valence-electron chi connectivity index (χ2n) is 6.33. The van der Waals surface area contributed by atoms with Crippen molar-refractivity contribution in [3.8, 4) is 0 Å². The summed E-state index contributed by atoms with van der Waals surface area (Å²) in [6.07, 6.45) is 1.85. The molecule has 5 rings (SSSR count). The van der Waals surface area contributed by atoms with Crippen molar-refractivity contribution in [2.45, 2.75) is 18.9 Å². The lowest BCUT2D eigenvalue weighted by Crippen LogP contribution is -2.44. The van der Waals surface area contributed by atoms with Crippen molar-refractivity contribution in [1.82, 2.24) is 0 Å². The third-order valence-electron chi connectivity index (χ3n) is 5.78. The molecule has 5 nitrogen and oxygen atoms in total. The molecule has 2 heterocycles. The van der Waals surface area contributed by atoms with Gasteiger partial charge in [-0.2, -0.15) is 0 Å². The number of cyclic esters (lactones) is 2. The van der Waals surface area contributed by atoms with Gasteiger partial charge in [0.15, 0.2) is 0 Å². The minimum Gasteiger partial charge on any atom is -0.462 e. The Balaban J connectivity index is 1.61. The lowest BCUT2D eigenvalue weighted by atomic mass is 9.67. The summed E-state index contributed by atoms with van der Waals surface area (Å²) in [6, 6.07) is 0. The van der Waals surface area contributed by atoms with Gasteiger partial charge in [-0.25, -0.2) is 0 Å². The first kappa shape index (κ1) is 9.53. The number of hydrogen-bond donors (Lipinski definition) is 0. The fraction of sp³-hybridized carbons (Fsp3) is 0.769. The summed E-state index contributed by atoms with van der Waals surface area (Å²) in [5.41, 5.74) is 0. The molecule has 18 heavy (non-hydrogen) atoms. The monoisotopic (exact) mass is 248 g/mol. The maximum Gasteiger partial charge on any atom is 0.317 e. The van der Waals surface area contributed by atoms with Gasteiger partial charge in [0, 0.05) is 5.92 Å². The molecule has 2 saturated heterocycles. The Morgan fingerprint density at radius 2 is 1.50 bits per heavy atom. The number of ether oxygens (including phenoxy) is 2. The minimum absolute atomic E-state index is 0.0157. The van der Waals surface area contributed by atoms with Crippen LogP contribution in [0.3, 0.4) is 0 Å². The van der Waals surface area contributed by atoms with Crippen LogP contribution in [-0.4, -0.2) is 24.0 Å². The van der Waals surface area contributed by atoms with E-state index < -0.39 is 5.97 Å². The molecule has 8 atom stereocenters. The third-order valence-corrected chi connectivity index (χ3v) is 5.78. The fourth-order valence-corrected chi connectivity index (χ4v) is 5.21. The van der Waals surface area contributed by atoms with Crippen LogP contribution in [0.4, 0.5) is 0 Å². The highest BCUT2D eigenvalue weighted by atomic mass is 16.6. The molecule has 0 radical (unpaired) electrons. The predicted octanol–water partition coefficient (Wildman–Crippen LogP) is 0.130. The molecule has 0 aromatic carbocycles. The number of carbonyl (C=O) groups excluding carboxylic acids is 3. The van der Waals surface area contributed by atoms with Crippen LogP contribution in [0.1, 0.15) is 12.8 Å². The molecule has 5 fully saturated rings. The normalized spacial score (nSPS) is 58.8. The third kappa shape index (κ3) is 0.844. The van der Waals surface area contributed by atoms with Crippen molar-refractivity contribution in [3.05, 3.63) is 0 Å². The molecule has 2 bridgehead atoms. The average molecular weight is 248 g/mol. The van der Waals surface area contributed by atoms with E-state index in [1.165, 1.54) is 0 Å². The maximum absolute atomic E-state index is 12.0. The highest BCUT2D eigenvalue weighted by Crippen LogP contribution is 2.68. The molecule has 0 aromatic heterocycles. The van der Waals surface area contributed by atoms with Crippen molar-refractivity contribution in [2.75, 3.05) is 0 Å². The quantitative estimate of drug-likeness (QED) is 0.450. The Labute approximate surface area is 103 Å². The molecule has 5 heteroatoms. The van der Waals surface area contributed by atoms with E-state index in [4.69, 9.17) is 9.47 Å². The van der Waals surface area contributed by atoms with Gasteiger partial charge in [-0.05, 0) is 30.6 Å². The van der Waals surface area contributed by atoms with Crippen LogP contribution in [0.2, 0.25) is 0 Å². The maximum atomic E-state index is 12.0. The van der Waals surface area contributed by atoms with Crippen molar-refractivity contribution in [1.29, 1.82) is 0 Å². The van der Waals surface area contributed by atoms with Gasteiger partial charge in [-0.3, -0.25) is 14.4 Å². The molecule has 0 aromatic rings. The molecule has 0 N–H and O–H groups in total. The zero-order chi connectivity index (χ0) is 12.2. The molecule has 3 saturated carbocycles. The van der Waals surface area contributed by atoms with Crippen LogP contribution in [0.25, 0.3) is 0 Å². The Bertz CT molecular complexity index is 512. The Morgan fingerprint density at radius 1 is 0.778 bits per heavy atom. The first-order valence-corrected chi connectivity index (χ1v) is 6.63. The molecular formula is C13H12O5. The van der Waals surface area contributed by atoms with E-state index in [1.54, 1.807) is 0 Å². The Morgan fingerprint density at radius 3 is 2.28 bits per heavy atom. The van der Waals surface area contributed by atoms with E-state index in [1.807, 2.05) is 0 Å². The molecular weight excluding hydrogens is 236 g/mol. The van der Waals surface area contributed by atoms with E-state index >= 15 is 0 Å². The van der Waals surface area contributed by atoms with Gasteiger partial charge < -0.3 is 9.47 Å². The fourth-order valence-electron chi connectivity index (χ4n) is 5.21. The molecule has 8 unspecified atom stereocenters. The van der Waals surface area contributed by atoms with Crippen LogP contribution in [0.15, 0.2) is 0 Å². The van der Waals surface area contributed by atoms with Gasteiger partial charge in [0.05, 0.1) is 17.8 Å².